The highest BCUT2D eigenvalue weighted by molar-refractivity contribution is 6.01. The third-order valence-electron chi connectivity index (χ3n) is 6.41. The first-order valence-corrected chi connectivity index (χ1v) is 11.1. The number of piperidine rings is 1. The molecule has 2 N–H and O–H groups in total. The number of hydrogen-bond acceptors (Lipinski definition) is 4. The van der Waals surface area contributed by atoms with Gasteiger partial charge in [-0.25, -0.2) is 4.79 Å². The summed E-state index contributed by atoms with van der Waals surface area (Å²) in [4.78, 5) is 38.8. The quantitative estimate of drug-likeness (QED) is 0.733. The number of carboxylic acid groups (broad SMARTS) is 1. The van der Waals surface area contributed by atoms with Crippen LogP contribution in [-0.4, -0.2) is 53.6 Å². The van der Waals surface area contributed by atoms with Gasteiger partial charge in [0.2, 0.25) is 11.8 Å². The number of nitrogens with one attached hydrogen (secondary N) is 1. The van der Waals surface area contributed by atoms with Crippen LogP contribution in [0.5, 0.6) is 0 Å². The van der Waals surface area contributed by atoms with Gasteiger partial charge in [0.15, 0.2) is 0 Å². The summed E-state index contributed by atoms with van der Waals surface area (Å²) in [7, 11) is 1.78. The number of anilines is 1. The van der Waals surface area contributed by atoms with Crippen LogP contribution in [0, 0.1) is 11.3 Å². The number of rotatable bonds is 5. The number of nitriles is 1. The molecule has 2 atom stereocenters. The third-order valence-corrected chi connectivity index (χ3v) is 6.41. The zero-order chi connectivity index (χ0) is 23.5. The largest absolute Gasteiger partial charge is 0.465 e. The van der Waals surface area contributed by atoms with Crippen LogP contribution in [0.1, 0.15) is 30.4 Å². The molecule has 0 saturated carbocycles. The van der Waals surface area contributed by atoms with E-state index >= 15 is 0 Å². The van der Waals surface area contributed by atoms with Gasteiger partial charge in [0.05, 0.1) is 12.5 Å². The second-order valence-electron chi connectivity index (χ2n) is 8.55. The molecule has 170 valence electrons. The van der Waals surface area contributed by atoms with Crippen LogP contribution < -0.4 is 10.2 Å². The van der Waals surface area contributed by atoms with Crippen molar-refractivity contribution in [1.29, 1.82) is 5.26 Å². The van der Waals surface area contributed by atoms with Crippen LogP contribution in [0.2, 0.25) is 0 Å². The average Bonchev–Trinajstić information content (AvgIpc) is 3.11. The standard InChI is InChI=1S/C25H26N4O4/c1-28-22-13-18(9-10-19(22)14-23(28)30)17-7-5-16(6-8-17)12-20(15-26)27-24(31)21-4-2-3-11-29(21)25(32)33/h5-10,13,20-21H,2-4,11-12,14H2,1H3,(H,27,31)(H,32,33). The van der Waals surface area contributed by atoms with Crippen molar-refractivity contribution in [3.05, 3.63) is 53.6 Å². The van der Waals surface area contributed by atoms with Crippen LogP contribution in [0.3, 0.4) is 0 Å². The molecule has 0 radical (unpaired) electrons. The van der Waals surface area contributed by atoms with Crippen molar-refractivity contribution < 1.29 is 19.5 Å². The van der Waals surface area contributed by atoms with Gasteiger partial charge in [-0.15, -0.1) is 0 Å². The van der Waals surface area contributed by atoms with Gasteiger partial charge in [0, 0.05) is 25.7 Å². The van der Waals surface area contributed by atoms with E-state index in [0.717, 1.165) is 45.7 Å². The van der Waals surface area contributed by atoms with Gasteiger partial charge < -0.3 is 15.3 Å². The Kier molecular flexibility index (Phi) is 6.31. The summed E-state index contributed by atoms with van der Waals surface area (Å²) in [5.41, 5.74) is 4.82. The first-order valence-electron chi connectivity index (χ1n) is 11.1. The second kappa shape index (κ2) is 9.33. The van der Waals surface area contributed by atoms with Crippen molar-refractivity contribution in [3.63, 3.8) is 0 Å². The highest BCUT2D eigenvalue weighted by Crippen LogP contribution is 2.32. The molecular weight excluding hydrogens is 420 g/mol. The number of benzene rings is 2. The zero-order valence-corrected chi connectivity index (χ0v) is 18.5. The Morgan fingerprint density at radius 1 is 1.18 bits per heavy atom. The Labute approximate surface area is 192 Å². The summed E-state index contributed by atoms with van der Waals surface area (Å²) in [5.74, 6) is -0.334. The lowest BCUT2D eigenvalue weighted by Crippen LogP contribution is -2.53. The molecule has 2 aliphatic rings. The molecule has 1 saturated heterocycles. The Morgan fingerprint density at radius 3 is 2.61 bits per heavy atom. The molecular formula is C25H26N4O4. The molecule has 2 aromatic rings. The monoisotopic (exact) mass is 446 g/mol. The van der Waals surface area contributed by atoms with Crippen LogP contribution in [-0.2, 0) is 22.4 Å². The molecule has 3 amide bonds. The highest BCUT2D eigenvalue weighted by Gasteiger charge is 2.33. The molecule has 2 aromatic carbocycles. The number of carbonyl (C=O) groups excluding carboxylic acids is 2. The minimum Gasteiger partial charge on any atom is -0.465 e. The van der Waals surface area contributed by atoms with Gasteiger partial charge in [0.1, 0.15) is 12.1 Å². The highest BCUT2D eigenvalue weighted by atomic mass is 16.4. The lowest BCUT2D eigenvalue weighted by Gasteiger charge is -2.32. The van der Waals surface area contributed by atoms with Gasteiger partial charge >= 0.3 is 6.09 Å². The number of fused-ring (bicyclic) bond motifs is 1. The van der Waals surface area contributed by atoms with E-state index in [0.29, 0.717) is 25.8 Å². The summed E-state index contributed by atoms with van der Waals surface area (Å²) in [6.45, 7) is 0.332. The molecule has 33 heavy (non-hydrogen) atoms. The number of hydrogen-bond donors (Lipinski definition) is 2. The van der Waals surface area contributed by atoms with E-state index in [1.807, 2.05) is 42.5 Å². The maximum atomic E-state index is 12.7. The molecule has 2 heterocycles. The van der Waals surface area contributed by atoms with Gasteiger partial charge in [0.25, 0.3) is 0 Å². The molecule has 4 rings (SSSR count). The molecule has 0 bridgehead atoms. The smallest absolute Gasteiger partial charge is 0.407 e. The van der Waals surface area contributed by atoms with Crippen molar-refractivity contribution in [3.8, 4) is 17.2 Å². The molecule has 8 heteroatoms. The number of likely N-dealkylation sites (N-methyl/N-ethyl adjacent to an activating group) is 1. The van der Waals surface area contributed by atoms with E-state index in [2.05, 4.69) is 11.4 Å². The number of nitrogens with zero attached hydrogens (tertiary/aromatic N) is 3. The van der Waals surface area contributed by atoms with Gasteiger partial charge in [-0.05, 0) is 47.6 Å². The van der Waals surface area contributed by atoms with Crippen molar-refractivity contribution in [2.75, 3.05) is 18.5 Å². The zero-order valence-electron chi connectivity index (χ0n) is 18.5. The van der Waals surface area contributed by atoms with Crippen molar-refractivity contribution in [2.24, 2.45) is 0 Å². The molecule has 1 fully saturated rings. The average molecular weight is 447 g/mol. The SMILES string of the molecule is CN1C(=O)Cc2ccc(-c3ccc(CC(C#N)NC(=O)C4CCCCN4C(=O)O)cc3)cc21. The van der Waals surface area contributed by atoms with E-state index in [4.69, 9.17) is 0 Å². The minimum absolute atomic E-state index is 0.0850. The number of likely N-dealkylation sites (tertiary alicyclic amines) is 1. The van der Waals surface area contributed by atoms with Crippen molar-refractivity contribution >= 4 is 23.6 Å². The predicted octanol–water partition coefficient (Wildman–Crippen LogP) is 2.96. The third kappa shape index (κ3) is 4.67. The molecule has 8 nitrogen and oxygen atoms in total. The van der Waals surface area contributed by atoms with E-state index in [9.17, 15) is 24.8 Å². The summed E-state index contributed by atoms with van der Waals surface area (Å²) in [6, 6.07) is 14.3. The van der Waals surface area contributed by atoms with Gasteiger partial charge in [-0.1, -0.05) is 36.4 Å². The van der Waals surface area contributed by atoms with E-state index in [-0.39, 0.29) is 5.91 Å². The molecule has 0 aliphatic carbocycles. The van der Waals surface area contributed by atoms with Crippen LogP contribution in [0.25, 0.3) is 11.1 Å². The first-order chi connectivity index (χ1) is 15.9. The number of carbonyl (C=O) groups is 3. The van der Waals surface area contributed by atoms with Crippen molar-refractivity contribution in [2.45, 2.75) is 44.2 Å². The van der Waals surface area contributed by atoms with Gasteiger partial charge in [-0.2, -0.15) is 5.26 Å². The second-order valence-corrected chi connectivity index (χ2v) is 8.55. The first kappa shape index (κ1) is 22.3. The predicted molar refractivity (Wildman–Crippen MR) is 123 cm³/mol. The fourth-order valence-corrected chi connectivity index (χ4v) is 4.52. The fourth-order valence-electron chi connectivity index (χ4n) is 4.52. The summed E-state index contributed by atoms with van der Waals surface area (Å²) >= 11 is 0. The molecule has 0 aromatic heterocycles. The minimum atomic E-state index is -1.11. The summed E-state index contributed by atoms with van der Waals surface area (Å²) in [5, 5.41) is 21.6. The Balaban J connectivity index is 1.42. The summed E-state index contributed by atoms with van der Waals surface area (Å²) in [6.07, 6.45) is 1.63. The lowest BCUT2D eigenvalue weighted by molar-refractivity contribution is -0.127. The lowest BCUT2D eigenvalue weighted by atomic mass is 9.98. The van der Waals surface area contributed by atoms with E-state index in [1.54, 1.807) is 11.9 Å². The molecule has 2 aliphatic heterocycles. The fraction of sp³-hybridized carbons (Fsp3) is 0.360. The van der Waals surface area contributed by atoms with Crippen LogP contribution in [0.15, 0.2) is 42.5 Å². The van der Waals surface area contributed by atoms with Gasteiger partial charge in [-0.3, -0.25) is 14.5 Å². The Morgan fingerprint density at radius 2 is 1.91 bits per heavy atom. The van der Waals surface area contributed by atoms with Crippen LogP contribution >= 0.6 is 0 Å². The maximum Gasteiger partial charge on any atom is 0.407 e. The normalized spacial score (nSPS) is 18.4. The van der Waals surface area contributed by atoms with Crippen molar-refractivity contribution in [1.82, 2.24) is 10.2 Å². The molecule has 2 unspecified atom stereocenters. The van der Waals surface area contributed by atoms with Crippen LogP contribution in [0.4, 0.5) is 10.5 Å². The number of amides is 3. The topological polar surface area (TPSA) is 114 Å². The maximum absolute atomic E-state index is 12.7. The Hall–Kier alpha value is -3.86. The van der Waals surface area contributed by atoms with E-state index in [1.165, 1.54) is 0 Å². The molecule has 0 spiro atoms. The Bertz CT molecular complexity index is 1120. The van der Waals surface area contributed by atoms with E-state index < -0.39 is 24.1 Å². The summed E-state index contributed by atoms with van der Waals surface area (Å²) < 4.78 is 0.